The summed E-state index contributed by atoms with van der Waals surface area (Å²) >= 11 is 5.37. The lowest BCUT2D eigenvalue weighted by Gasteiger charge is -2.21. The molecule has 22 heavy (non-hydrogen) atoms. The number of amides is 1. The van der Waals surface area contributed by atoms with Gasteiger partial charge < -0.3 is 10.1 Å². The normalized spacial score (nSPS) is 17.0. The highest BCUT2D eigenvalue weighted by Crippen LogP contribution is 2.27. The highest BCUT2D eigenvalue weighted by atomic mass is 79.9. The molecule has 0 bridgehead atoms. The van der Waals surface area contributed by atoms with Gasteiger partial charge in [0.15, 0.2) is 6.10 Å². The summed E-state index contributed by atoms with van der Waals surface area (Å²) in [5.41, 5.74) is 0. The Morgan fingerprint density at radius 2 is 2.00 bits per heavy atom. The first kappa shape index (κ1) is 17.7. The number of benzene rings is 1. The zero-order valence-electron chi connectivity index (χ0n) is 13.0. The monoisotopic (exact) mass is 385 g/mol. The summed E-state index contributed by atoms with van der Waals surface area (Å²) < 4.78 is 6.64. The topological polar surface area (TPSA) is 38.3 Å². The van der Waals surface area contributed by atoms with Crippen LogP contribution >= 0.6 is 27.7 Å². The quantitative estimate of drug-likeness (QED) is 0.706. The van der Waals surface area contributed by atoms with Crippen LogP contribution in [0.3, 0.4) is 0 Å². The summed E-state index contributed by atoms with van der Waals surface area (Å²) in [5, 5.41) is 3.75. The molecular weight excluding hydrogens is 362 g/mol. The van der Waals surface area contributed by atoms with Crippen LogP contribution in [0.2, 0.25) is 0 Å². The van der Waals surface area contributed by atoms with Gasteiger partial charge in [0.1, 0.15) is 5.75 Å². The third-order valence-electron chi connectivity index (χ3n) is 3.80. The van der Waals surface area contributed by atoms with Gasteiger partial charge in [-0.3, -0.25) is 4.79 Å². The van der Waals surface area contributed by atoms with Gasteiger partial charge in [-0.15, -0.1) is 0 Å². The van der Waals surface area contributed by atoms with E-state index in [-0.39, 0.29) is 5.91 Å². The second kappa shape index (κ2) is 9.46. The van der Waals surface area contributed by atoms with Crippen molar-refractivity contribution < 1.29 is 9.53 Å². The first-order valence-electron chi connectivity index (χ1n) is 7.96. The number of hydrogen-bond donors (Lipinski definition) is 1. The van der Waals surface area contributed by atoms with Gasteiger partial charge in [0.25, 0.3) is 5.91 Å². The molecule has 122 valence electrons. The Hall–Kier alpha value is -0.680. The molecule has 1 N–H and O–H groups in total. The van der Waals surface area contributed by atoms with Gasteiger partial charge >= 0.3 is 0 Å². The third kappa shape index (κ3) is 6.21. The number of hydrogen-bond acceptors (Lipinski definition) is 3. The number of thioether (sulfide) groups is 1. The van der Waals surface area contributed by atoms with Crippen molar-refractivity contribution in [3.05, 3.63) is 28.7 Å². The van der Waals surface area contributed by atoms with E-state index < -0.39 is 6.10 Å². The molecule has 1 atom stereocenters. The molecule has 0 heterocycles. The lowest BCUT2D eigenvalue weighted by molar-refractivity contribution is -0.127. The van der Waals surface area contributed by atoms with E-state index in [1.54, 1.807) is 6.92 Å². The Labute approximate surface area is 145 Å². The fraction of sp³-hybridized carbons (Fsp3) is 0.588. The second-order valence-corrected chi connectivity index (χ2v) is 7.96. The van der Waals surface area contributed by atoms with Crippen molar-refractivity contribution in [1.29, 1.82) is 0 Å². The van der Waals surface area contributed by atoms with Gasteiger partial charge in [0.05, 0.1) is 0 Å². The Morgan fingerprint density at radius 3 is 2.68 bits per heavy atom. The number of halogens is 1. The molecule has 1 saturated carbocycles. The molecule has 1 amide bonds. The van der Waals surface area contributed by atoms with Crippen LogP contribution in [0.1, 0.15) is 39.0 Å². The van der Waals surface area contributed by atoms with E-state index in [0.29, 0.717) is 12.3 Å². The maximum Gasteiger partial charge on any atom is 0.260 e. The molecule has 0 aliphatic heterocycles. The molecule has 1 fully saturated rings. The van der Waals surface area contributed by atoms with Crippen molar-refractivity contribution >= 4 is 33.6 Å². The van der Waals surface area contributed by atoms with Crippen molar-refractivity contribution in [3.63, 3.8) is 0 Å². The summed E-state index contributed by atoms with van der Waals surface area (Å²) in [6.45, 7) is 2.50. The molecule has 0 aromatic heterocycles. The van der Waals surface area contributed by atoms with E-state index in [0.717, 1.165) is 15.5 Å². The average Bonchev–Trinajstić information content (AvgIpc) is 2.54. The molecular formula is C17H24BrNO2S. The fourth-order valence-electron chi connectivity index (χ4n) is 2.55. The van der Waals surface area contributed by atoms with Crippen LogP contribution in [0.4, 0.5) is 0 Å². The molecule has 1 aliphatic rings. The maximum absolute atomic E-state index is 12.0. The molecule has 0 saturated heterocycles. The van der Waals surface area contributed by atoms with Gasteiger partial charge in [0.2, 0.25) is 0 Å². The maximum atomic E-state index is 12.0. The van der Waals surface area contributed by atoms with Crippen LogP contribution in [0, 0.1) is 0 Å². The molecule has 1 aromatic carbocycles. The average molecular weight is 386 g/mol. The number of nitrogens with one attached hydrogen (secondary N) is 1. The first-order valence-corrected chi connectivity index (χ1v) is 9.81. The second-order valence-electron chi connectivity index (χ2n) is 5.64. The molecule has 0 spiro atoms. The summed E-state index contributed by atoms with van der Waals surface area (Å²) in [7, 11) is 0. The Bertz CT molecular complexity index is 460. The highest BCUT2D eigenvalue weighted by molar-refractivity contribution is 9.10. The number of ether oxygens (including phenoxy) is 1. The van der Waals surface area contributed by atoms with Crippen LogP contribution < -0.4 is 10.1 Å². The van der Waals surface area contributed by atoms with Gasteiger partial charge in [-0.1, -0.05) is 35.2 Å². The molecule has 0 unspecified atom stereocenters. The van der Waals surface area contributed by atoms with Crippen molar-refractivity contribution in [2.24, 2.45) is 0 Å². The minimum atomic E-state index is -0.471. The van der Waals surface area contributed by atoms with E-state index in [1.165, 1.54) is 32.1 Å². The van der Waals surface area contributed by atoms with Crippen molar-refractivity contribution in [3.8, 4) is 5.75 Å². The van der Waals surface area contributed by atoms with Crippen LogP contribution in [-0.4, -0.2) is 29.6 Å². The van der Waals surface area contributed by atoms with Crippen molar-refractivity contribution in [2.75, 3.05) is 12.3 Å². The largest absolute Gasteiger partial charge is 0.481 e. The molecule has 1 aromatic rings. The molecule has 1 aliphatic carbocycles. The SMILES string of the molecule is C[C@H](Oc1ccc(Br)cc1)C(=O)NCCSC1CCCCC1. The summed E-state index contributed by atoms with van der Waals surface area (Å²) in [6, 6.07) is 7.52. The highest BCUT2D eigenvalue weighted by Gasteiger charge is 2.16. The zero-order chi connectivity index (χ0) is 15.8. The third-order valence-corrected chi connectivity index (χ3v) is 5.71. The van der Waals surface area contributed by atoms with Crippen LogP contribution in [0.15, 0.2) is 28.7 Å². The summed E-state index contributed by atoms with van der Waals surface area (Å²) in [5.74, 6) is 1.65. The Kier molecular flexibility index (Phi) is 7.60. The van der Waals surface area contributed by atoms with Crippen molar-refractivity contribution in [1.82, 2.24) is 5.32 Å². The standard InChI is InChI=1S/C17H24BrNO2S/c1-13(21-15-9-7-14(18)8-10-15)17(20)19-11-12-22-16-5-3-2-4-6-16/h7-10,13,16H,2-6,11-12H2,1H3,(H,19,20)/t13-/m0/s1. The van der Waals surface area contributed by atoms with E-state index in [9.17, 15) is 4.79 Å². The predicted molar refractivity (Wildman–Crippen MR) is 96.6 cm³/mol. The smallest absolute Gasteiger partial charge is 0.260 e. The lowest BCUT2D eigenvalue weighted by atomic mass is 10.0. The van der Waals surface area contributed by atoms with Gasteiger partial charge in [0, 0.05) is 22.0 Å². The molecule has 3 nitrogen and oxygen atoms in total. The fourth-order valence-corrected chi connectivity index (χ4v) is 4.03. The van der Waals surface area contributed by atoms with E-state index in [2.05, 4.69) is 21.2 Å². The summed E-state index contributed by atoms with van der Waals surface area (Å²) in [6.07, 6.45) is 6.31. The van der Waals surface area contributed by atoms with Crippen LogP contribution in [0.5, 0.6) is 5.75 Å². The van der Waals surface area contributed by atoms with Crippen molar-refractivity contribution in [2.45, 2.75) is 50.4 Å². The number of rotatable bonds is 7. The van der Waals surface area contributed by atoms with E-state index in [1.807, 2.05) is 36.0 Å². The van der Waals surface area contributed by atoms with E-state index in [4.69, 9.17) is 4.74 Å². The predicted octanol–water partition coefficient (Wildman–Crippen LogP) is 4.40. The Morgan fingerprint density at radius 1 is 1.32 bits per heavy atom. The van der Waals surface area contributed by atoms with Gasteiger partial charge in [-0.05, 0) is 44.0 Å². The zero-order valence-corrected chi connectivity index (χ0v) is 15.4. The van der Waals surface area contributed by atoms with Crippen LogP contribution in [-0.2, 0) is 4.79 Å². The minimum absolute atomic E-state index is 0.0489. The molecule has 0 radical (unpaired) electrons. The minimum Gasteiger partial charge on any atom is -0.481 e. The van der Waals surface area contributed by atoms with E-state index >= 15 is 0 Å². The van der Waals surface area contributed by atoms with Gasteiger partial charge in [-0.25, -0.2) is 0 Å². The first-order chi connectivity index (χ1) is 10.6. The summed E-state index contributed by atoms with van der Waals surface area (Å²) in [4.78, 5) is 12.0. The van der Waals surface area contributed by atoms with Crippen LogP contribution in [0.25, 0.3) is 0 Å². The molecule has 2 rings (SSSR count). The Balaban J connectivity index is 1.62. The number of carbonyl (C=O) groups excluding carboxylic acids is 1. The number of carbonyl (C=O) groups is 1. The van der Waals surface area contributed by atoms with Gasteiger partial charge in [-0.2, -0.15) is 11.8 Å². The molecule has 5 heteroatoms. The lowest BCUT2D eigenvalue weighted by Crippen LogP contribution is -2.37.